The van der Waals surface area contributed by atoms with Gasteiger partial charge in [-0.15, -0.1) is 0 Å². The summed E-state index contributed by atoms with van der Waals surface area (Å²) in [5.41, 5.74) is -1.62. The Morgan fingerprint density at radius 1 is 1.47 bits per heavy atom. The van der Waals surface area contributed by atoms with E-state index in [1.54, 1.807) is 13.8 Å². The Labute approximate surface area is 109 Å². The number of hydrogen-bond acceptors (Lipinski definition) is 5. The number of aromatic nitrogens is 2. The molecule has 1 fully saturated rings. The largest absolute Gasteiger partial charge is 0.396 e. The van der Waals surface area contributed by atoms with Gasteiger partial charge in [0.15, 0.2) is 0 Å². The van der Waals surface area contributed by atoms with E-state index in [2.05, 4.69) is 4.98 Å². The molecule has 0 unspecified atom stereocenters. The molecule has 1 aliphatic carbocycles. The van der Waals surface area contributed by atoms with Crippen LogP contribution in [0.25, 0.3) is 0 Å². The highest BCUT2D eigenvalue weighted by molar-refractivity contribution is 5.07. The van der Waals surface area contributed by atoms with Crippen molar-refractivity contribution >= 4 is 0 Å². The van der Waals surface area contributed by atoms with Crippen molar-refractivity contribution in [3.8, 4) is 0 Å². The number of hydrogen-bond donors (Lipinski definition) is 4. The first-order valence-corrected chi connectivity index (χ1v) is 6.09. The molecular weight excluding hydrogens is 252 g/mol. The number of aryl methyl sites for hydroxylation is 1. The van der Waals surface area contributed by atoms with E-state index in [1.807, 2.05) is 0 Å². The van der Waals surface area contributed by atoms with Crippen molar-refractivity contribution in [3.63, 3.8) is 0 Å². The standard InChI is InChI=1S/C12H18N2O5/c1-6-4-14(11(19)13-10(6)18)7-3-12(2,5-15)9(17)8(7)16/h4,7-9,15-17H,3,5H2,1-2H3,(H,13,18,19)/t7-,8-,9-,12-/m1/s1. The van der Waals surface area contributed by atoms with Crippen molar-refractivity contribution in [3.05, 3.63) is 32.6 Å². The fourth-order valence-electron chi connectivity index (χ4n) is 2.60. The highest BCUT2D eigenvalue weighted by atomic mass is 16.3. The minimum absolute atomic E-state index is 0.247. The van der Waals surface area contributed by atoms with E-state index < -0.39 is 34.9 Å². The topological polar surface area (TPSA) is 116 Å². The zero-order chi connectivity index (χ0) is 14.4. The lowest BCUT2D eigenvalue weighted by atomic mass is 9.87. The molecule has 19 heavy (non-hydrogen) atoms. The fraction of sp³-hybridized carbons (Fsp3) is 0.667. The Balaban J connectivity index is 2.47. The SMILES string of the molecule is Cc1cn([C@@H]2C[C@](C)(CO)[C@H](O)[C@@H]2O)c(=O)[nH]c1=O. The van der Waals surface area contributed by atoms with Gasteiger partial charge in [-0.05, 0) is 13.3 Å². The highest BCUT2D eigenvalue weighted by Crippen LogP contribution is 2.43. The predicted molar refractivity (Wildman–Crippen MR) is 66.9 cm³/mol. The normalized spacial score (nSPS) is 34.7. The van der Waals surface area contributed by atoms with Crippen LogP contribution in [0.1, 0.15) is 24.9 Å². The summed E-state index contributed by atoms with van der Waals surface area (Å²) in [7, 11) is 0. The molecule has 7 nitrogen and oxygen atoms in total. The summed E-state index contributed by atoms with van der Waals surface area (Å²) in [6.45, 7) is 2.90. The molecule has 1 aromatic rings. The average molecular weight is 270 g/mol. The van der Waals surface area contributed by atoms with Gasteiger partial charge in [-0.3, -0.25) is 14.3 Å². The minimum atomic E-state index is -1.17. The number of aliphatic hydroxyl groups excluding tert-OH is 3. The van der Waals surface area contributed by atoms with E-state index in [0.29, 0.717) is 5.56 Å². The second kappa shape index (κ2) is 4.59. The quantitative estimate of drug-likeness (QED) is 0.522. The summed E-state index contributed by atoms with van der Waals surface area (Å²) in [6, 6.07) is -0.671. The lowest BCUT2D eigenvalue weighted by Crippen LogP contribution is -2.39. The Hall–Kier alpha value is -1.44. The van der Waals surface area contributed by atoms with Gasteiger partial charge in [0.2, 0.25) is 0 Å². The molecule has 0 aliphatic heterocycles. The van der Waals surface area contributed by atoms with Crippen molar-refractivity contribution in [1.29, 1.82) is 0 Å². The van der Waals surface area contributed by atoms with Gasteiger partial charge in [-0.1, -0.05) is 6.92 Å². The lowest BCUT2D eigenvalue weighted by molar-refractivity contribution is -0.0407. The first-order valence-electron chi connectivity index (χ1n) is 6.09. The van der Waals surface area contributed by atoms with E-state index in [0.717, 1.165) is 0 Å². The second-order valence-corrected chi connectivity index (χ2v) is 5.50. The fourth-order valence-corrected chi connectivity index (χ4v) is 2.60. The third-order valence-electron chi connectivity index (χ3n) is 3.97. The second-order valence-electron chi connectivity index (χ2n) is 5.50. The third kappa shape index (κ3) is 2.13. The number of aliphatic hydroxyl groups is 3. The van der Waals surface area contributed by atoms with Crippen molar-refractivity contribution < 1.29 is 15.3 Å². The van der Waals surface area contributed by atoms with Crippen LogP contribution in [0.15, 0.2) is 15.8 Å². The molecule has 0 aromatic carbocycles. The molecule has 1 heterocycles. The lowest BCUT2D eigenvalue weighted by Gasteiger charge is -2.25. The van der Waals surface area contributed by atoms with Crippen LogP contribution in [0.5, 0.6) is 0 Å². The first-order chi connectivity index (χ1) is 8.80. The van der Waals surface area contributed by atoms with Crippen LogP contribution in [-0.4, -0.2) is 43.7 Å². The zero-order valence-corrected chi connectivity index (χ0v) is 10.8. The number of rotatable bonds is 2. The average Bonchev–Trinajstić information content (AvgIpc) is 2.59. The van der Waals surface area contributed by atoms with Crippen LogP contribution in [-0.2, 0) is 0 Å². The van der Waals surface area contributed by atoms with E-state index in [9.17, 15) is 24.9 Å². The molecule has 1 aliphatic rings. The van der Waals surface area contributed by atoms with Crippen molar-refractivity contribution in [2.24, 2.45) is 5.41 Å². The summed E-state index contributed by atoms with van der Waals surface area (Å²) < 4.78 is 1.21. The Bertz CT molecular complexity index is 593. The molecule has 0 bridgehead atoms. The summed E-state index contributed by atoms with van der Waals surface area (Å²) >= 11 is 0. The molecule has 0 radical (unpaired) electrons. The van der Waals surface area contributed by atoms with Crippen molar-refractivity contribution in [1.82, 2.24) is 9.55 Å². The number of nitrogens with one attached hydrogen (secondary N) is 1. The molecule has 2 rings (SSSR count). The van der Waals surface area contributed by atoms with E-state index in [1.165, 1.54) is 10.8 Å². The van der Waals surface area contributed by atoms with Crippen LogP contribution >= 0.6 is 0 Å². The summed E-state index contributed by atoms with van der Waals surface area (Å²) in [6.07, 6.45) is -0.677. The zero-order valence-electron chi connectivity index (χ0n) is 10.8. The predicted octanol–water partition coefficient (Wildman–Crippen LogP) is -1.49. The third-order valence-corrected chi connectivity index (χ3v) is 3.97. The van der Waals surface area contributed by atoms with Gasteiger partial charge in [-0.2, -0.15) is 0 Å². The molecule has 1 aromatic heterocycles. The van der Waals surface area contributed by atoms with Gasteiger partial charge in [0.1, 0.15) is 6.10 Å². The summed E-state index contributed by atoms with van der Waals surface area (Å²) in [5, 5.41) is 29.3. The van der Waals surface area contributed by atoms with E-state index >= 15 is 0 Å². The Morgan fingerprint density at radius 2 is 2.11 bits per heavy atom. The highest BCUT2D eigenvalue weighted by Gasteiger charge is 2.50. The maximum atomic E-state index is 11.8. The number of aromatic amines is 1. The number of H-pyrrole nitrogens is 1. The van der Waals surface area contributed by atoms with Gasteiger partial charge in [0.25, 0.3) is 5.56 Å². The van der Waals surface area contributed by atoms with Crippen LogP contribution in [0.2, 0.25) is 0 Å². The van der Waals surface area contributed by atoms with Crippen LogP contribution in [0, 0.1) is 12.3 Å². The maximum Gasteiger partial charge on any atom is 0.328 e. The molecule has 0 amide bonds. The molecule has 106 valence electrons. The summed E-state index contributed by atoms with van der Waals surface area (Å²) in [5.74, 6) is 0. The van der Waals surface area contributed by atoms with Gasteiger partial charge < -0.3 is 15.3 Å². The Kier molecular flexibility index (Phi) is 3.38. The minimum Gasteiger partial charge on any atom is -0.396 e. The van der Waals surface area contributed by atoms with Gasteiger partial charge in [0.05, 0.1) is 18.8 Å². The molecule has 0 spiro atoms. The van der Waals surface area contributed by atoms with Gasteiger partial charge >= 0.3 is 5.69 Å². The monoisotopic (exact) mass is 270 g/mol. The van der Waals surface area contributed by atoms with Crippen LogP contribution < -0.4 is 11.2 Å². The van der Waals surface area contributed by atoms with E-state index in [4.69, 9.17) is 0 Å². The molecule has 4 atom stereocenters. The van der Waals surface area contributed by atoms with Crippen LogP contribution in [0.4, 0.5) is 0 Å². The molecule has 0 saturated heterocycles. The first kappa shape index (κ1) is 14.0. The van der Waals surface area contributed by atoms with E-state index in [-0.39, 0.29) is 13.0 Å². The van der Waals surface area contributed by atoms with Crippen molar-refractivity contribution in [2.75, 3.05) is 6.61 Å². The van der Waals surface area contributed by atoms with Gasteiger partial charge in [0, 0.05) is 17.2 Å². The maximum absolute atomic E-state index is 11.8. The van der Waals surface area contributed by atoms with Gasteiger partial charge in [-0.25, -0.2) is 4.79 Å². The molecular formula is C12H18N2O5. The number of nitrogens with zero attached hydrogens (tertiary/aromatic N) is 1. The smallest absolute Gasteiger partial charge is 0.328 e. The van der Waals surface area contributed by atoms with Crippen molar-refractivity contribution in [2.45, 2.75) is 38.5 Å². The molecule has 1 saturated carbocycles. The van der Waals surface area contributed by atoms with Crippen LogP contribution in [0.3, 0.4) is 0 Å². The summed E-state index contributed by atoms with van der Waals surface area (Å²) in [4.78, 5) is 25.3. The Morgan fingerprint density at radius 3 is 2.63 bits per heavy atom. The molecule has 7 heteroatoms. The molecule has 4 N–H and O–H groups in total.